The van der Waals surface area contributed by atoms with Crippen LogP contribution in [0.2, 0.25) is 0 Å². The second-order valence-corrected chi connectivity index (χ2v) is 8.02. The Kier molecular flexibility index (Phi) is 49.3. The van der Waals surface area contributed by atoms with Gasteiger partial charge in [-0.25, -0.2) is 74.3 Å². The zero-order chi connectivity index (χ0) is 25.6. The van der Waals surface area contributed by atoms with Gasteiger partial charge in [-0.05, 0) is 0 Å². The van der Waals surface area contributed by atoms with Gasteiger partial charge < -0.3 is 0 Å². The predicted molar refractivity (Wildman–Crippen MR) is 155 cm³/mol. The average Bonchev–Trinajstić information content (AvgIpc) is 2.83. The van der Waals surface area contributed by atoms with Crippen molar-refractivity contribution in [2.24, 2.45) is 0 Å². The van der Waals surface area contributed by atoms with E-state index in [1.165, 1.54) is 73.7 Å². The largest absolute Gasteiger partial charge is 4.00 e. The first-order valence-electron chi connectivity index (χ1n) is 13.3. The van der Waals surface area contributed by atoms with Gasteiger partial charge in [-0.2, -0.15) is 0 Å². The third-order valence-corrected chi connectivity index (χ3v) is 4.70. The van der Waals surface area contributed by atoms with Crippen LogP contribution in [0.15, 0.2) is 46.6 Å². The second-order valence-electron chi connectivity index (χ2n) is 8.02. The Morgan fingerprint density at radius 3 is 0.636 bits per heavy atom. The Balaban J connectivity index is -0.000000105. The zero-order valence-corrected chi connectivity index (χ0v) is 25.7. The summed E-state index contributed by atoms with van der Waals surface area (Å²) in [7, 11) is 0. The molecule has 1 heteroatoms. The molecule has 0 rings (SSSR count). The normalized spacial score (nSPS) is 11.6. The zero-order valence-electron chi connectivity index (χ0n) is 24.1. The summed E-state index contributed by atoms with van der Waals surface area (Å²) in [6, 6.07) is 0. The molecule has 0 aliphatic heterocycles. The molecule has 0 aromatic rings. The minimum absolute atomic E-state index is 0. The molecule has 0 aliphatic rings. The molecule has 0 amide bonds. The van der Waals surface area contributed by atoms with E-state index >= 15 is 0 Å². The quantitative estimate of drug-likeness (QED) is 0.188. The van der Waals surface area contributed by atoms with Gasteiger partial charge in [0.2, 0.25) is 0 Å². The van der Waals surface area contributed by atoms with E-state index in [2.05, 4.69) is 107 Å². The van der Waals surface area contributed by atoms with E-state index < -0.39 is 0 Å². The second kappa shape index (κ2) is 38.4. The van der Waals surface area contributed by atoms with Crippen LogP contribution in [0.5, 0.6) is 0 Å². The summed E-state index contributed by atoms with van der Waals surface area (Å²) in [6.07, 6.45) is 22.9. The van der Waals surface area contributed by atoms with Crippen LogP contribution in [0.4, 0.5) is 0 Å². The van der Waals surface area contributed by atoms with Crippen molar-refractivity contribution in [2.45, 2.75) is 132 Å². The van der Waals surface area contributed by atoms with Crippen molar-refractivity contribution in [3.05, 3.63) is 74.3 Å². The van der Waals surface area contributed by atoms with E-state index in [1.807, 2.05) is 0 Å². The molecule has 0 aromatic carbocycles. The maximum atomic E-state index is 3.86. The monoisotopic (exact) mass is 492 g/mol. The Bertz CT molecular complexity index is 375. The van der Waals surface area contributed by atoms with Crippen molar-refractivity contribution in [3.8, 4) is 0 Å². The fourth-order valence-electron chi connectivity index (χ4n) is 1.97. The van der Waals surface area contributed by atoms with Crippen LogP contribution in [0.1, 0.15) is 132 Å². The van der Waals surface area contributed by atoms with Gasteiger partial charge in [-0.3, -0.25) is 0 Å². The van der Waals surface area contributed by atoms with Crippen molar-refractivity contribution in [1.29, 1.82) is 0 Å². The van der Waals surface area contributed by atoms with E-state index in [4.69, 9.17) is 0 Å². The number of unbranched alkanes of at least 4 members (excludes halogenated alkanes) is 4. The van der Waals surface area contributed by atoms with Gasteiger partial charge in [0.1, 0.15) is 0 Å². The number of allylic oxidation sites excluding steroid dienone is 8. The smallest absolute Gasteiger partial charge is 0.242 e. The Morgan fingerprint density at radius 1 is 0.394 bits per heavy atom. The summed E-state index contributed by atoms with van der Waals surface area (Å²) >= 11 is 0. The average molecular weight is 493 g/mol. The Labute approximate surface area is 227 Å². The minimum Gasteiger partial charge on any atom is -0.242 e. The topological polar surface area (TPSA) is 0 Å². The van der Waals surface area contributed by atoms with E-state index in [0.29, 0.717) is 0 Å². The first-order chi connectivity index (χ1) is 15.2. The first-order valence-corrected chi connectivity index (χ1v) is 13.3. The van der Waals surface area contributed by atoms with Crippen molar-refractivity contribution >= 4 is 0 Å². The van der Waals surface area contributed by atoms with E-state index in [9.17, 15) is 0 Å². The van der Waals surface area contributed by atoms with Gasteiger partial charge in [-0.15, -0.1) is 25.7 Å². The van der Waals surface area contributed by atoms with Crippen molar-refractivity contribution in [3.63, 3.8) is 0 Å². The van der Waals surface area contributed by atoms with Crippen LogP contribution in [0, 0.1) is 27.7 Å². The third-order valence-electron chi connectivity index (χ3n) is 4.70. The fraction of sp³-hybridized carbons (Fsp3) is 0.625. The van der Waals surface area contributed by atoms with E-state index in [0.717, 1.165) is 25.7 Å². The number of hydrogen-bond acceptors (Lipinski definition) is 0. The summed E-state index contributed by atoms with van der Waals surface area (Å²) in [5, 5.41) is 0. The molecule has 0 aliphatic carbocycles. The maximum Gasteiger partial charge on any atom is 4.00 e. The fourth-order valence-corrected chi connectivity index (χ4v) is 1.97. The van der Waals surface area contributed by atoms with Gasteiger partial charge in [0.15, 0.2) is 0 Å². The SMILES string of the molecule is [CH2-]C(=CCCC)CC.[CH2-]C(=CCCC)CC.[CH2-]C(=CCCC)CC.[CH2-]C(=CCCC)CC.[Ti+4]. The van der Waals surface area contributed by atoms with E-state index in [1.54, 1.807) is 0 Å². The molecule has 0 radical (unpaired) electrons. The molecule has 0 aromatic heterocycles. The molecule has 0 saturated heterocycles. The summed E-state index contributed by atoms with van der Waals surface area (Å²) in [4.78, 5) is 0. The van der Waals surface area contributed by atoms with Crippen molar-refractivity contribution in [1.82, 2.24) is 0 Å². The molecule has 0 nitrogen and oxygen atoms in total. The third kappa shape index (κ3) is 49.4. The molecule has 0 N–H and O–H groups in total. The minimum atomic E-state index is 0. The number of hydrogen-bond donors (Lipinski definition) is 0. The molecular formula is C32H60Ti. The van der Waals surface area contributed by atoms with Crippen LogP contribution < -0.4 is 0 Å². The van der Waals surface area contributed by atoms with Crippen LogP contribution in [-0.2, 0) is 21.7 Å². The molecular weight excluding hydrogens is 432 g/mol. The van der Waals surface area contributed by atoms with Crippen LogP contribution in [0.3, 0.4) is 0 Å². The van der Waals surface area contributed by atoms with Gasteiger partial charge in [0, 0.05) is 0 Å². The molecule has 0 heterocycles. The van der Waals surface area contributed by atoms with Gasteiger partial charge in [-0.1, -0.05) is 107 Å². The van der Waals surface area contributed by atoms with Gasteiger partial charge in [0.25, 0.3) is 0 Å². The first kappa shape index (κ1) is 42.3. The summed E-state index contributed by atoms with van der Waals surface area (Å²) in [6.45, 7) is 32.7. The molecule has 0 fully saturated rings. The summed E-state index contributed by atoms with van der Waals surface area (Å²) in [5.74, 6) is 0. The maximum absolute atomic E-state index is 3.86. The van der Waals surface area contributed by atoms with Crippen molar-refractivity contribution in [2.75, 3.05) is 0 Å². The Hall–Kier alpha value is -0.846. The molecule has 33 heavy (non-hydrogen) atoms. The molecule has 0 atom stereocenters. The standard InChI is InChI=1S/4C8H15.Ti/c4*1-4-6-7-8(3)5-2;/h4*7H,3-6H2,1-2H3;/q4*-1;+4. The number of rotatable bonds is 12. The molecule has 0 unspecified atom stereocenters. The van der Waals surface area contributed by atoms with Crippen molar-refractivity contribution < 1.29 is 21.7 Å². The van der Waals surface area contributed by atoms with Crippen LogP contribution in [0.25, 0.3) is 0 Å². The van der Waals surface area contributed by atoms with Gasteiger partial charge in [0.05, 0.1) is 0 Å². The van der Waals surface area contributed by atoms with Crippen LogP contribution >= 0.6 is 0 Å². The van der Waals surface area contributed by atoms with Gasteiger partial charge >= 0.3 is 21.7 Å². The predicted octanol–water partition coefficient (Wildman–Crippen LogP) is 11.8. The molecule has 192 valence electrons. The Morgan fingerprint density at radius 2 is 0.545 bits per heavy atom. The molecule has 0 saturated carbocycles. The molecule has 0 bridgehead atoms. The van der Waals surface area contributed by atoms with E-state index in [-0.39, 0.29) is 21.7 Å². The molecule has 0 spiro atoms. The summed E-state index contributed by atoms with van der Waals surface area (Å²) < 4.78 is 0. The summed E-state index contributed by atoms with van der Waals surface area (Å²) in [5.41, 5.74) is 5.08. The van der Waals surface area contributed by atoms with Crippen LogP contribution in [-0.4, -0.2) is 0 Å².